The zero-order valence-electron chi connectivity index (χ0n) is 10.3. The molecule has 0 spiro atoms. The average Bonchev–Trinajstić information content (AvgIpc) is 2.42. The van der Waals surface area contributed by atoms with E-state index in [0.29, 0.717) is 0 Å². The molecule has 0 aliphatic rings. The quantitative estimate of drug-likeness (QED) is 0.738. The zero-order chi connectivity index (χ0) is 14.3. The van der Waals surface area contributed by atoms with E-state index in [1.807, 2.05) is 18.2 Å². The number of esters is 1. The van der Waals surface area contributed by atoms with Gasteiger partial charge >= 0.3 is 5.97 Å². The van der Waals surface area contributed by atoms with Crippen LogP contribution >= 0.6 is 0 Å². The van der Waals surface area contributed by atoms with Crippen molar-refractivity contribution in [3.05, 3.63) is 35.9 Å². The first-order chi connectivity index (χ1) is 9.00. The molecule has 0 amide bonds. The first kappa shape index (κ1) is 15.5. The van der Waals surface area contributed by atoms with Crippen molar-refractivity contribution in [3.8, 4) is 0 Å². The van der Waals surface area contributed by atoms with Gasteiger partial charge in [-0.3, -0.25) is 4.79 Å². The van der Waals surface area contributed by atoms with Crippen molar-refractivity contribution in [1.82, 2.24) is 0 Å². The summed E-state index contributed by atoms with van der Waals surface area (Å²) >= 11 is 0. The second kappa shape index (κ2) is 7.81. The van der Waals surface area contributed by atoms with Crippen LogP contribution in [0.1, 0.15) is 18.4 Å². The number of rotatable bonds is 7. The standard InChI is InChI=1S/C13H17F2NO3/c14-12(15)11(17)7-6-10(16)13(18)19-8-9-4-2-1-3-5-9/h1-5,10-12,17H,6-8,16H2/t10-,11-/m1/s1. The van der Waals surface area contributed by atoms with Gasteiger partial charge < -0.3 is 15.6 Å². The molecule has 0 unspecified atom stereocenters. The molecule has 1 rings (SSSR count). The lowest BCUT2D eigenvalue weighted by molar-refractivity contribution is -0.147. The summed E-state index contributed by atoms with van der Waals surface area (Å²) in [4.78, 5) is 11.5. The number of hydrogen-bond acceptors (Lipinski definition) is 4. The van der Waals surface area contributed by atoms with E-state index in [1.165, 1.54) is 0 Å². The summed E-state index contributed by atoms with van der Waals surface area (Å²) in [7, 11) is 0. The Morgan fingerprint density at radius 1 is 1.26 bits per heavy atom. The summed E-state index contributed by atoms with van der Waals surface area (Å²) < 4.78 is 29.0. The highest BCUT2D eigenvalue weighted by molar-refractivity contribution is 5.75. The van der Waals surface area contributed by atoms with E-state index in [-0.39, 0.29) is 19.4 Å². The van der Waals surface area contributed by atoms with E-state index in [2.05, 4.69) is 0 Å². The van der Waals surface area contributed by atoms with E-state index in [9.17, 15) is 13.6 Å². The van der Waals surface area contributed by atoms with E-state index in [0.717, 1.165) is 5.56 Å². The third-order valence-electron chi connectivity index (χ3n) is 2.59. The Labute approximate surface area is 110 Å². The summed E-state index contributed by atoms with van der Waals surface area (Å²) in [5, 5.41) is 8.91. The molecule has 0 aromatic heterocycles. The Bertz CT molecular complexity index is 387. The lowest BCUT2D eigenvalue weighted by Crippen LogP contribution is -2.34. The third kappa shape index (κ3) is 5.76. The number of nitrogens with two attached hydrogens (primary N) is 1. The van der Waals surface area contributed by atoms with Gasteiger partial charge in [0.15, 0.2) is 0 Å². The van der Waals surface area contributed by atoms with Crippen LogP contribution < -0.4 is 5.73 Å². The van der Waals surface area contributed by atoms with Gasteiger partial charge in [0.2, 0.25) is 0 Å². The Morgan fingerprint density at radius 3 is 2.47 bits per heavy atom. The second-order valence-corrected chi connectivity index (χ2v) is 4.18. The highest BCUT2D eigenvalue weighted by Crippen LogP contribution is 2.10. The summed E-state index contributed by atoms with van der Waals surface area (Å²) in [5.74, 6) is -0.662. The fourth-order valence-corrected chi connectivity index (χ4v) is 1.43. The predicted molar refractivity (Wildman–Crippen MR) is 65.5 cm³/mol. The molecule has 106 valence electrons. The number of aliphatic hydroxyl groups is 1. The minimum atomic E-state index is -2.83. The molecule has 0 bridgehead atoms. The van der Waals surface area contributed by atoms with Crippen molar-refractivity contribution in [2.45, 2.75) is 38.0 Å². The second-order valence-electron chi connectivity index (χ2n) is 4.18. The molecule has 6 heteroatoms. The van der Waals surface area contributed by atoms with Crippen LogP contribution in [0.2, 0.25) is 0 Å². The lowest BCUT2D eigenvalue weighted by atomic mass is 10.1. The normalized spacial score (nSPS) is 14.2. The smallest absolute Gasteiger partial charge is 0.323 e. The van der Waals surface area contributed by atoms with E-state index in [4.69, 9.17) is 15.6 Å². The molecule has 0 radical (unpaired) electrons. The SMILES string of the molecule is N[C@H](CC[C@@H](O)C(F)F)C(=O)OCc1ccccc1. The number of hydrogen-bond donors (Lipinski definition) is 2. The molecule has 2 atom stereocenters. The Hall–Kier alpha value is -1.53. The number of ether oxygens (including phenoxy) is 1. The largest absolute Gasteiger partial charge is 0.460 e. The van der Waals surface area contributed by atoms with Gasteiger partial charge in [-0.25, -0.2) is 8.78 Å². The number of alkyl halides is 2. The highest BCUT2D eigenvalue weighted by atomic mass is 19.3. The van der Waals surface area contributed by atoms with E-state index < -0.39 is 24.5 Å². The Kier molecular flexibility index (Phi) is 6.38. The van der Waals surface area contributed by atoms with Gasteiger partial charge in [-0.05, 0) is 18.4 Å². The van der Waals surface area contributed by atoms with Crippen LogP contribution in [-0.4, -0.2) is 29.6 Å². The van der Waals surface area contributed by atoms with Crippen LogP contribution in [-0.2, 0) is 16.1 Å². The highest BCUT2D eigenvalue weighted by Gasteiger charge is 2.21. The first-order valence-electron chi connectivity index (χ1n) is 5.93. The maximum Gasteiger partial charge on any atom is 0.323 e. The molecule has 3 N–H and O–H groups in total. The number of carbonyl (C=O) groups is 1. The Balaban J connectivity index is 2.29. The van der Waals surface area contributed by atoms with Gasteiger partial charge in [-0.2, -0.15) is 0 Å². The van der Waals surface area contributed by atoms with Gasteiger partial charge in [0, 0.05) is 0 Å². The predicted octanol–water partition coefficient (Wildman–Crippen LogP) is 1.46. The fourth-order valence-electron chi connectivity index (χ4n) is 1.43. The minimum Gasteiger partial charge on any atom is -0.460 e. The molecule has 4 nitrogen and oxygen atoms in total. The zero-order valence-corrected chi connectivity index (χ0v) is 10.3. The van der Waals surface area contributed by atoms with Crippen LogP contribution in [0.3, 0.4) is 0 Å². The summed E-state index contributed by atoms with van der Waals surface area (Å²) in [5.41, 5.74) is 6.31. The van der Waals surface area contributed by atoms with E-state index in [1.54, 1.807) is 12.1 Å². The van der Waals surface area contributed by atoms with Crippen LogP contribution in [0.15, 0.2) is 30.3 Å². The van der Waals surface area contributed by atoms with Crippen LogP contribution in [0.5, 0.6) is 0 Å². The van der Waals surface area contributed by atoms with Crippen LogP contribution in [0.25, 0.3) is 0 Å². The van der Waals surface area contributed by atoms with Crippen molar-refractivity contribution in [3.63, 3.8) is 0 Å². The lowest BCUT2D eigenvalue weighted by Gasteiger charge is -2.14. The first-order valence-corrected chi connectivity index (χ1v) is 5.93. The molecule has 0 saturated heterocycles. The van der Waals surface area contributed by atoms with Crippen molar-refractivity contribution < 1.29 is 23.4 Å². The topological polar surface area (TPSA) is 72.5 Å². The van der Waals surface area contributed by atoms with Crippen molar-refractivity contribution in [2.75, 3.05) is 0 Å². The van der Waals surface area contributed by atoms with Gasteiger partial charge in [-0.1, -0.05) is 30.3 Å². The van der Waals surface area contributed by atoms with Crippen molar-refractivity contribution >= 4 is 5.97 Å². The van der Waals surface area contributed by atoms with Gasteiger partial charge in [0.1, 0.15) is 18.8 Å². The number of benzene rings is 1. The molecule has 19 heavy (non-hydrogen) atoms. The molecule has 0 saturated carbocycles. The minimum absolute atomic E-state index is 0.0425. The van der Waals surface area contributed by atoms with Crippen LogP contribution in [0.4, 0.5) is 8.78 Å². The number of carbonyl (C=O) groups excluding carboxylic acids is 1. The number of aliphatic hydroxyl groups excluding tert-OH is 1. The molecule has 0 heterocycles. The number of halogens is 2. The monoisotopic (exact) mass is 273 g/mol. The third-order valence-corrected chi connectivity index (χ3v) is 2.59. The molecule has 0 aliphatic heterocycles. The average molecular weight is 273 g/mol. The fraction of sp³-hybridized carbons (Fsp3) is 0.462. The van der Waals surface area contributed by atoms with Gasteiger partial charge in [0.25, 0.3) is 6.43 Å². The molecular weight excluding hydrogens is 256 g/mol. The van der Waals surface area contributed by atoms with Gasteiger partial charge in [-0.15, -0.1) is 0 Å². The van der Waals surface area contributed by atoms with E-state index >= 15 is 0 Å². The van der Waals surface area contributed by atoms with Crippen molar-refractivity contribution in [1.29, 1.82) is 0 Å². The Morgan fingerprint density at radius 2 is 1.89 bits per heavy atom. The van der Waals surface area contributed by atoms with Gasteiger partial charge in [0.05, 0.1) is 0 Å². The molecular formula is C13H17F2NO3. The summed E-state index contributed by atoms with van der Waals surface area (Å²) in [6.45, 7) is 0.0881. The molecule has 1 aromatic rings. The maximum absolute atomic E-state index is 12.0. The van der Waals surface area contributed by atoms with Crippen LogP contribution in [0, 0.1) is 0 Å². The molecule has 0 fully saturated rings. The molecule has 0 aliphatic carbocycles. The maximum atomic E-state index is 12.0. The van der Waals surface area contributed by atoms with Crippen molar-refractivity contribution in [2.24, 2.45) is 5.73 Å². The molecule has 1 aromatic carbocycles. The summed E-state index contributed by atoms with van der Waals surface area (Å²) in [6, 6.07) is 8.03. The summed E-state index contributed by atoms with van der Waals surface area (Å²) in [6.07, 6.45) is -4.86.